The molecule has 0 heterocycles. The van der Waals surface area contributed by atoms with Crippen molar-refractivity contribution in [3.8, 4) is 11.5 Å². The predicted octanol–water partition coefficient (Wildman–Crippen LogP) is 0.779. The predicted molar refractivity (Wildman–Crippen MR) is 56.6 cm³/mol. The number of hydrogen-bond acceptors (Lipinski definition) is 4. The maximum Gasteiger partial charge on any atom is 0.335 e. The second-order valence-corrected chi connectivity index (χ2v) is 3.75. The third-order valence-corrected chi connectivity index (χ3v) is 2.28. The van der Waals surface area contributed by atoms with Gasteiger partial charge in [-0.2, -0.15) is 0 Å². The molecule has 0 aliphatic carbocycles. The Morgan fingerprint density at radius 3 is 2.62 bits per heavy atom. The number of aromatic hydroxyl groups is 1. The monoisotopic (exact) mass is 226 g/mol. The summed E-state index contributed by atoms with van der Waals surface area (Å²) >= 11 is 0. The van der Waals surface area contributed by atoms with Gasteiger partial charge in [0.05, 0.1) is 7.11 Å². The lowest BCUT2D eigenvalue weighted by Gasteiger charge is -2.18. The molecule has 0 spiro atoms. The fraction of sp³-hybridized carbons (Fsp3) is 0.364. The van der Waals surface area contributed by atoms with Crippen molar-refractivity contribution in [3.05, 3.63) is 23.8 Å². The summed E-state index contributed by atoms with van der Waals surface area (Å²) < 4.78 is 4.94. The van der Waals surface area contributed by atoms with Gasteiger partial charge in [0, 0.05) is 12.0 Å². The Kier molecular flexibility index (Phi) is 3.39. The van der Waals surface area contributed by atoms with Crippen molar-refractivity contribution in [2.24, 2.45) is 0 Å². The SMILES string of the molecule is COc1ccc(O)c(CC(C)(O)C(=O)O)c1. The van der Waals surface area contributed by atoms with Crippen molar-refractivity contribution in [2.75, 3.05) is 7.11 Å². The minimum Gasteiger partial charge on any atom is -0.508 e. The average Bonchev–Trinajstić information content (AvgIpc) is 2.21. The Labute approximate surface area is 92.9 Å². The molecule has 0 saturated heterocycles. The van der Waals surface area contributed by atoms with Gasteiger partial charge in [-0.3, -0.25) is 0 Å². The van der Waals surface area contributed by atoms with Crippen LogP contribution in [-0.2, 0) is 11.2 Å². The molecular weight excluding hydrogens is 212 g/mol. The van der Waals surface area contributed by atoms with Crippen molar-refractivity contribution in [1.82, 2.24) is 0 Å². The average molecular weight is 226 g/mol. The summed E-state index contributed by atoms with van der Waals surface area (Å²) in [5, 5.41) is 27.9. The van der Waals surface area contributed by atoms with Crippen LogP contribution in [0.2, 0.25) is 0 Å². The lowest BCUT2D eigenvalue weighted by molar-refractivity contribution is -0.156. The van der Waals surface area contributed by atoms with E-state index in [0.29, 0.717) is 11.3 Å². The molecule has 0 amide bonds. The van der Waals surface area contributed by atoms with Gasteiger partial charge in [-0.05, 0) is 25.1 Å². The first kappa shape index (κ1) is 12.3. The Morgan fingerprint density at radius 1 is 1.50 bits per heavy atom. The van der Waals surface area contributed by atoms with Crippen LogP contribution in [0.15, 0.2) is 18.2 Å². The summed E-state index contributed by atoms with van der Waals surface area (Å²) in [4.78, 5) is 10.7. The van der Waals surface area contributed by atoms with E-state index in [-0.39, 0.29) is 12.2 Å². The van der Waals surface area contributed by atoms with Crippen LogP contribution in [0.4, 0.5) is 0 Å². The second kappa shape index (κ2) is 4.40. The summed E-state index contributed by atoms with van der Waals surface area (Å²) in [6.45, 7) is 1.17. The first-order valence-electron chi connectivity index (χ1n) is 4.68. The first-order chi connectivity index (χ1) is 7.36. The number of rotatable bonds is 4. The van der Waals surface area contributed by atoms with E-state index in [0.717, 1.165) is 0 Å². The molecule has 5 nitrogen and oxygen atoms in total. The van der Waals surface area contributed by atoms with Crippen LogP contribution in [0.1, 0.15) is 12.5 Å². The minimum atomic E-state index is -1.91. The second-order valence-electron chi connectivity index (χ2n) is 3.75. The third-order valence-electron chi connectivity index (χ3n) is 2.28. The van der Waals surface area contributed by atoms with E-state index < -0.39 is 11.6 Å². The molecule has 0 aromatic heterocycles. The molecule has 0 bridgehead atoms. The standard InChI is InChI=1S/C11H14O5/c1-11(15,10(13)14)6-7-5-8(16-2)3-4-9(7)12/h3-5,12,15H,6H2,1-2H3,(H,13,14). The van der Waals surface area contributed by atoms with Gasteiger partial charge < -0.3 is 20.1 Å². The summed E-state index contributed by atoms with van der Waals surface area (Å²) in [6, 6.07) is 4.44. The molecule has 0 aliphatic rings. The van der Waals surface area contributed by atoms with E-state index >= 15 is 0 Å². The van der Waals surface area contributed by atoms with Crippen LogP contribution >= 0.6 is 0 Å². The number of carboxylic acid groups (broad SMARTS) is 1. The first-order valence-corrected chi connectivity index (χ1v) is 4.68. The van der Waals surface area contributed by atoms with Gasteiger partial charge in [-0.25, -0.2) is 4.79 Å². The number of aliphatic hydroxyl groups is 1. The fourth-order valence-electron chi connectivity index (χ4n) is 1.28. The summed E-state index contributed by atoms with van der Waals surface area (Å²) in [5.41, 5.74) is -1.59. The van der Waals surface area contributed by atoms with Crippen LogP contribution in [-0.4, -0.2) is 34.0 Å². The van der Waals surface area contributed by atoms with Gasteiger partial charge >= 0.3 is 5.97 Å². The van der Waals surface area contributed by atoms with Crippen LogP contribution in [0.5, 0.6) is 11.5 Å². The zero-order valence-electron chi connectivity index (χ0n) is 9.10. The molecule has 0 saturated carbocycles. The minimum absolute atomic E-state index is 0.0673. The molecule has 1 unspecified atom stereocenters. The molecule has 1 rings (SSSR count). The highest BCUT2D eigenvalue weighted by molar-refractivity contribution is 5.77. The molecular formula is C11H14O5. The summed E-state index contributed by atoms with van der Waals surface area (Å²) in [6.07, 6.45) is -0.189. The highest BCUT2D eigenvalue weighted by Gasteiger charge is 2.31. The molecule has 3 N–H and O–H groups in total. The molecule has 0 radical (unpaired) electrons. The maximum atomic E-state index is 10.7. The number of methoxy groups -OCH3 is 1. The van der Waals surface area contributed by atoms with Crippen molar-refractivity contribution in [3.63, 3.8) is 0 Å². The van der Waals surface area contributed by atoms with E-state index in [2.05, 4.69) is 0 Å². The number of aliphatic carboxylic acids is 1. The van der Waals surface area contributed by atoms with Crippen molar-refractivity contribution in [2.45, 2.75) is 18.9 Å². The van der Waals surface area contributed by atoms with E-state index in [9.17, 15) is 15.0 Å². The van der Waals surface area contributed by atoms with Crippen LogP contribution in [0.25, 0.3) is 0 Å². The topological polar surface area (TPSA) is 87.0 Å². The molecule has 0 fully saturated rings. The van der Waals surface area contributed by atoms with Crippen LogP contribution in [0, 0.1) is 0 Å². The quantitative estimate of drug-likeness (QED) is 0.706. The smallest absolute Gasteiger partial charge is 0.335 e. The number of phenols is 1. The van der Waals surface area contributed by atoms with Gasteiger partial charge in [0.2, 0.25) is 0 Å². The number of benzene rings is 1. The largest absolute Gasteiger partial charge is 0.508 e. The van der Waals surface area contributed by atoms with E-state index in [1.54, 1.807) is 6.07 Å². The molecule has 0 aliphatic heterocycles. The van der Waals surface area contributed by atoms with Crippen molar-refractivity contribution >= 4 is 5.97 Å². The van der Waals surface area contributed by atoms with Crippen molar-refractivity contribution in [1.29, 1.82) is 0 Å². The molecule has 1 aromatic rings. The maximum absolute atomic E-state index is 10.7. The highest BCUT2D eigenvalue weighted by atomic mass is 16.5. The Bertz CT molecular complexity index is 397. The zero-order valence-corrected chi connectivity index (χ0v) is 9.10. The van der Waals surface area contributed by atoms with E-state index in [1.807, 2.05) is 0 Å². The van der Waals surface area contributed by atoms with E-state index in [1.165, 1.54) is 26.2 Å². The Balaban J connectivity index is 3.00. The van der Waals surface area contributed by atoms with Crippen LogP contribution < -0.4 is 4.74 Å². The van der Waals surface area contributed by atoms with Crippen LogP contribution in [0.3, 0.4) is 0 Å². The number of ether oxygens (including phenoxy) is 1. The summed E-state index contributed by atoms with van der Waals surface area (Å²) in [7, 11) is 1.46. The molecule has 88 valence electrons. The van der Waals surface area contributed by atoms with Gasteiger partial charge in [0.25, 0.3) is 0 Å². The third kappa shape index (κ3) is 2.64. The molecule has 5 heteroatoms. The van der Waals surface area contributed by atoms with Gasteiger partial charge in [0.15, 0.2) is 5.60 Å². The Hall–Kier alpha value is -1.75. The highest BCUT2D eigenvalue weighted by Crippen LogP contribution is 2.26. The van der Waals surface area contributed by atoms with E-state index in [4.69, 9.17) is 9.84 Å². The van der Waals surface area contributed by atoms with Gasteiger partial charge in [-0.15, -0.1) is 0 Å². The molecule has 16 heavy (non-hydrogen) atoms. The number of phenolic OH excluding ortho intramolecular Hbond substituents is 1. The normalized spacial score (nSPS) is 14.2. The summed E-state index contributed by atoms with van der Waals surface area (Å²) in [5.74, 6) is -0.911. The lowest BCUT2D eigenvalue weighted by atomic mass is 9.96. The number of carbonyl (C=O) groups is 1. The molecule has 1 aromatic carbocycles. The molecule has 1 atom stereocenters. The number of hydrogen-bond donors (Lipinski definition) is 3. The fourth-order valence-corrected chi connectivity index (χ4v) is 1.28. The zero-order chi connectivity index (χ0) is 12.3. The van der Waals surface area contributed by atoms with Crippen molar-refractivity contribution < 1.29 is 24.9 Å². The lowest BCUT2D eigenvalue weighted by Crippen LogP contribution is -2.37. The Morgan fingerprint density at radius 2 is 2.12 bits per heavy atom. The van der Waals surface area contributed by atoms with Gasteiger partial charge in [-0.1, -0.05) is 0 Å². The van der Waals surface area contributed by atoms with Gasteiger partial charge in [0.1, 0.15) is 11.5 Å². The number of carboxylic acids is 1.